The zero-order valence-electron chi connectivity index (χ0n) is 4.15. The molecule has 1 radical (unpaired) electrons. The Bertz CT molecular complexity index is 80.4. The number of rotatable bonds is 0. The number of hydrogen-bond acceptors (Lipinski definition) is 1. The highest BCUT2D eigenvalue weighted by atomic mass is 14.8. The van der Waals surface area contributed by atoms with Gasteiger partial charge < -0.3 is 5.32 Å². The topological polar surface area (TPSA) is 12.0 Å². The lowest BCUT2D eigenvalue weighted by Gasteiger charge is -1.77. The van der Waals surface area contributed by atoms with Crippen LogP contribution >= 0.6 is 0 Å². The second kappa shape index (κ2) is 2.45. The summed E-state index contributed by atoms with van der Waals surface area (Å²) in [5, 5.41) is 2.86. The van der Waals surface area contributed by atoms with Crippen LogP contribution in [0.1, 0.15) is 12.8 Å². The van der Waals surface area contributed by atoms with Crippen LogP contribution in [0.3, 0.4) is 0 Å². The molecule has 0 spiro atoms. The molecule has 0 fully saturated rings. The van der Waals surface area contributed by atoms with Crippen LogP contribution in [-0.4, -0.2) is 0 Å². The van der Waals surface area contributed by atoms with Gasteiger partial charge in [-0.3, -0.25) is 0 Å². The van der Waals surface area contributed by atoms with E-state index in [4.69, 9.17) is 0 Å². The Hall–Kier alpha value is -0.720. The van der Waals surface area contributed by atoms with E-state index in [0.717, 1.165) is 12.8 Å². The van der Waals surface area contributed by atoms with E-state index in [1.54, 1.807) is 0 Å². The van der Waals surface area contributed by atoms with Gasteiger partial charge in [-0.2, -0.15) is 0 Å². The molecule has 0 unspecified atom stereocenters. The highest BCUT2D eigenvalue weighted by molar-refractivity contribution is 4.90. The molecule has 0 aromatic carbocycles. The summed E-state index contributed by atoms with van der Waals surface area (Å²) in [7, 11) is 0. The molecule has 7 heavy (non-hydrogen) atoms. The average molecular weight is 94.1 g/mol. The monoisotopic (exact) mass is 94.1 g/mol. The summed E-state index contributed by atoms with van der Waals surface area (Å²) in [6.45, 7) is 0. The first-order valence-corrected chi connectivity index (χ1v) is 2.48. The van der Waals surface area contributed by atoms with Crippen LogP contribution in [0.5, 0.6) is 0 Å². The third-order valence-corrected chi connectivity index (χ3v) is 0.864. The van der Waals surface area contributed by atoms with E-state index in [0.29, 0.717) is 0 Å². The minimum atomic E-state index is 1.11. The van der Waals surface area contributed by atoms with Gasteiger partial charge in [0.25, 0.3) is 0 Å². The van der Waals surface area contributed by atoms with E-state index in [9.17, 15) is 0 Å². The van der Waals surface area contributed by atoms with Crippen LogP contribution in [-0.2, 0) is 0 Å². The van der Waals surface area contributed by atoms with Crippen LogP contribution in [0.25, 0.3) is 0 Å². The zero-order valence-corrected chi connectivity index (χ0v) is 4.15. The largest absolute Gasteiger partial charge is 0.361 e. The van der Waals surface area contributed by atoms with Crippen molar-refractivity contribution in [2.45, 2.75) is 12.8 Å². The van der Waals surface area contributed by atoms with E-state index in [-0.39, 0.29) is 0 Å². The predicted octanol–water partition coefficient (Wildman–Crippen LogP) is 1.20. The molecule has 0 aromatic heterocycles. The molecule has 0 saturated carbocycles. The molecule has 1 rings (SSSR count). The van der Waals surface area contributed by atoms with Crippen molar-refractivity contribution in [2.75, 3.05) is 0 Å². The molecule has 1 aliphatic heterocycles. The molecule has 1 heterocycles. The third-order valence-electron chi connectivity index (χ3n) is 0.864. The van der Waals surface area contributed by atoms with Crippen molar-refractivity contribution >= 4 is 0 Å². The summed E-state index contributed by atoms with van der Waals surface area (Å²) in [6, 6.07) is 0. The van der Waals surface area contributed by atoms with Gasteiger partial charge in [0.2, 0.25) is 0 Å². The summed E-state index contributed by atoms with van der Waals surface area (Å²) in [6.07, 6.45) is 11.1. The van der Waals surface area contributed by atoms with Crippen LogP contribution in [0.4, 0.5) is 0 Å². The molecule has 1 N–H and O–H groups in total. The summed E-state index contributed by atoms with van der Waals surface area (Å²) in [5.74, 6) is 0. The Morgan fingerprint density at radius 3 is 3.43 bits per heavy atom. The maximum absolute atomic E-state index is 2.89. The fourth-order valence-electron chi connectivity index (χ4n) is 0.501. The lowest BCUT2D eigenvalue weighted by Crippen LogP contribution is -1.88. The Morgan fingerprint density at radius 1 is 1.43 bits per heavy atom. The maximum atomic E-state index is 2.89. The highest BCUT2D eigenvalue weighted by Gasteiger charge is 1.78. The van der Waals surface area contributed by atoms with Crippen molar-refractivity contribution < 1.29 is 0 Å². The minimum Gasteiger partial charge on any atom is -0.361 e. The van der Waals surface area contributed by atoms with Crippen LogP contribution in [0.2, 0.25) is 0 Å². The van der Waals surface area contributed by atoms with E-state index < -0.39 is 0 Å². The number of hydrogen-bond donors (Lipinski definition) is 1. The molecule has 0 bridgehead atoms. The molecule has 37 valence electrons. The van der Waals surface area contributed by atoms with Gasteiger partial charge in [0.1, 0.15) is 0 Å². The molecular formula is C6H8N. The second-order valence-electron chi connectivity index (χ2n) is 1.47. The molecule has 0 saturated heterocycles. The van der Waals surface area contributed by atoms with Crippen molar-refractivity contribution in [3.8, 4) is 0 Å². The Kier molecular flexibility index (Phi) is 1.56. The maximum Gasteiger partial charge on any atom is 0.0575 e. The normalized spacial score (nSPS) is 18.3. The smallest absolute Gasteiger partial charge is 0.0575 e. The van der Waals surface area contributed by atoms with Gasteiger partial charge >= 0.3 is 0 Å². The minimum absolute atomic E-state index is 1.11. The number of allylic oxidation sites excluding steroid dienone is 2. The van der Waals surface area contributed by atoms with Gasteiger partial charge in [-0.15, -0.1) is 0 Å². The second-order valence-corrected chi connectivity index (χ2v) is 1.47. The first-order valence-electron chi connectivity index (χ1n) is 2.48. The third kappa shape index (κ3) is 1.44. The lowest BCUT2D eigenvalue weighted by atomic mass is 10.3. The fourth-order valence-corrected chi connectivity index (χ4v) is 0.501. The van der Waals surface area contributed by atoms with E-state index >= 15 is 0 Å². The van der Waals surface area contributed by atoms with Gasteiger partial charge in [-0.05, 0) is 19.0 Å². The highest BCUT2D eigenvalue weighted by Crippen LogP contribution is 1.92. The van der Waals surface area contributed by atoms with Crippen molar-refractivity contribution in [3.05, 3.63) is 24.6 Å². The van der Waals surface area contributed by atoms with Crippen LogP contribution in [0.15, 0.2) is 18.4 Å². The molecule has 1 nitrogen and oxygen atoms in total. The number of nitrogens with one attached hydrogen (secondary N) is 1. The first kappa shape index (κ1) is 4.44. The average Bonchev–Trinajstić information content (AvgIpc) is 1.90. The van der Waals surface area contributed by atoms with Gasteiger partial charge in [0.05, 0.1) is 6.20 Å². The Labute approximate surface area is 43.7 Å². The van der Waals surface area contributed by atoms with Crippen molar-refractivity contribution in [1.29, 1.82) is 0 Å². The quantitative estimate of drug-likeness (QED) is 0.475. The van der Waals surface area contributed by atoms with Crippen molar-refractivity contribution in [1.82, 2.24) is 5.32 Å². The summed E-state index contributed by atoms with van der Waals surface area (Å²) >= 11 is 0. The molecular weight excluding hydrogens is 86.1 g/mol. The molecule has 0 amide bonds. The molecule has 0 atom stereocenters. The Morgan fingerprint density at radius 2 is 2.43 bits per heavy atom. The summed E-state index contributed by atoms with van der Waals surface area (Å²) < 4.78 is 0. The van der Waals surface area contributed by atoms with Gasteiger partial charge in [0.15, 0.2) is 0 Å². The molecule has 0 aromatic rings. The van der Waals surface area contributed by atoms with E-state index in [1.807, 2.05) is 12.3 Å². The van der Waals surface area contributed by atoms with Gasteiger partial charge in [-0.25, -0.2) is 0 Å². The SMILES string of the molecule is [C]1=CCCC=CN1. The predicted molar refractivity (Wildman–Crippen MR) is 29.3 cm³/mol. The zero-order chi connectivity index (χ0) is 4.95. The first-order chi connectivity index (χ1) is 3.50. The van der Waals surface area contributed by atoms with Gasteiger partial charge in [0, 0.05) is 0 Å². The van der Waals surface area contributed by atoms with Crippen molar-refractivity contribution in [3.63, 3.8) is 0 Å². The van der Waals surface area contributed by atoms with E-state index in [2.05, 4.69) is 17.6 Å². The molecule has 1 heteroatoms. The molecule has 0 aliphatic carbocycles. The molecule has 1 aliphatic rings. The summed E-state index contributed by atoms with van der Waals surface area (Å²) in [5.41, 5.74) is 0. The lowest BCUT2D eigenvalue weighted by molar-refractivity contribution is 1.06. The van der Waals surface area contributed by atoms with Crippen molar-refractivity contribution in [2.24, 2.45) is 0 Å². The summed E-state index contributed by atoms with van der Waals surface area (Å²) in [4.78, 5) is 0. The van der Waals surface area contributed by atoms with E-state index in [1.165, 1.54) is 0 Å². The standard InChI is InChI=1S/C6H8N/c1-2-4-6-7-5-3-1/h3-5,7H,1-2H2. The fraction of sp³-hybridized carbons (Fsp3) is 0.333. The van der Waals surface area contributed by atoms with Crippen LogP contribution in [0, 0.1) is 6.20 Å². The van der Waals surface area contributed by atoms with Crippen LogP contribution < -0.4 is 5.32 Å². The Balaban J connectivity index is 2.38. The van der Waals surface area contributed by atoms with Gasteiger partial charge in [-0.1, -0.05) is 12.2 Å².